The number of aryl methyl sites for hydroxylation is 1. The van der Waals surface area contributed by atoms with E-state index in [9.17, 15) is 4.79 Å². The lowest BCUT2D eigenvalue weighted by atomic mass is 10.0. The molecule has 2 unspecified atom stereocenters. The van der Waals surface area contributed by atoms with Crippen molar-refractivity contribution in [2.24, 2.45) is 5.92 Å². The molecular weight excluding hydrogens is 306 g/mol. The van der Waals surface area contributed by atoms with Crippen molar-refractivity contribution in [1.29, 1.82) is 0 Å². The van der Waals surface area contributed by atoms with Crippen molar-refractivity contribution in [3.05, 3.63) is 24.0 Å². The van der Waals surface area contributed by atoms with Crippen molar-refractivity contribution < 1.29 is 9.53 Å². The maximum Gasteiger partial charge on any atom is 0.228 e. The van der Waals surface area contributed by atoms with Crippen LogP contribution in [0.5, 0.6) is 0 Å². The van der Waals surface area contributed by atoms with Gasteiger partial charge in [-0.15, -0.1) is 5.10 Å². The van der Waals surface area contributed by atoms with Crippen LogP contribution >= 0.6 is 0 Å². The summed E-state index contributed by atoms with van der Waals surface area (Å²) in [7, 11) is 0. The summed E-state index contributed by atoms with van der Waals surface area (Å²) >= 11 is 0. The average molecular weight is 329 g/mol. The van der Waals surface area contributed by atoms with Crippen molar-refractivity contribution in [3.8, 4) is 0 Å². The highest BCUT2D eigenvalue weighted by Crippen LogP contribution is 2.21. The molecule has 2 saturated heterocycles. The molecular formula is C17H23N5O2. The Morgan fingerprint density at radius 3 is 3.12 bits per heavy atom. The summed E-state index contributed by atoms with van der Waals surface area (Å²) in [5.41, 5.74) is 1.80. The van der Waals surface area contributed by atoms with Crippen LogP contribution in [0.25, 0.3) is 5.65 Å². The highest BCUT2D eigenvalue weighted by molar-refractivity contribution is 5.79. The second-order valence-electron chi connectivity index (χ2n) is 6.73. The number of hydrogen-bond donors (Lipinski definition) is 1. The molecule has 0 radical (unpaired) electrons. The Kier molecular flexibility index (Phi) is 4.10. The van der Waals surface area contributed by atoms with Crippen LogP contribution in [0.1, 0.15) is 25.0 Å². The Morgan fingerprint density at radius 2 is 2.29 bits per heavy atom. The van der Waals surface area contributed by atoms with Crippen LogP contribution in [0.3, 0.4) is 0 Å². The topological polar surface area (TPSA) is 71.8 Å². The predicted molar refractivity (Wildman–Crippen MR) is 89.9 cm³/mol. The largest absolute Gasteiger partial charge is 0.381 e. The molecule has 4 rings (SSSR count). The summed E-state index contributed by atoms with van der Waals surface area (Å²) in [4.78, 5) is 18.9. The van der Waals surface area contributed by atoms with Gasteiger partial charge in [0, 0.05) is 25.7 Å². The molecule has 4 heterocycles. The number of imidazole rings is 1. The second kappa shape index (κ2) is 6.39. The first kappa shape index (κ1) is 15.4. The van der Waals surface area contributed by atoms with E-state index in [-0.39, 0.29) is 17.9 Å². The highest BCUT2D eigenvalue weighted by Gasteiger charge is 2.32. The Balaban J connectivity index is 1.38. The van der Waals surface area contributed by atoms with E-state index < -0.39 is 0 Å². The fourth-order valence-corrected chi connectivity index (χ4v) is 3.56. The SMILES string of the molecule is Cc1cn2nc(NC3CCN(C(=O)C4CCCOC4)C3)ccc2n1. The summed E-state index contributed by atoms with van der Waals surface area (Å²) < 4.78 is 7.23. The van der Waals surface area contributed by atoms with Gasteiger partial charge in [-0.25, -0.2) is 9.50 Å². The zero-order valence-electron chi connectivity index (χ0n) is 13.9. The molecule has 1 amide bonds. The van der Waals surface area contributed by atoms with Crippen LogP contribution in [0.4, 0.5) is 5.82 Å². The summed E-state index contributed by atoms with van der Waals surface area (Å²) in [6.45, 7) is 4.86. The minimum Gasteiger partial charge on any atom is -0.381 e. The van der Waals surface area contributed by atoms with Gasteiger partial charge in [0.2, 0.25) is 5.91 Å². The number of amides is 1. The summed E-state index contributed by atoms with van der Waals surface area (Å²) in [6.07, 6.45) is 4.79. The monoisotopic (exact) mass is 329 g/mol. The van der Waals surface area contributed by atoms with Gasteiger partial charge in [0.25, 0.3) is 0 Å². The number of likely N-dealkylation sites (tertiary alicyclic amines) is 1. The first-order chi connectivity index (χ1) is 11.7. The van der Waals surface area contributed by atoms with Gasteiger partial charge < -0.3 is 15.0 Å². The smallest absolute Gasteiger partial charge is 0.228 e. The molecule has 7 heteroatoms. The molecule has 2 aromatic heterocycles. The number of fused-ring (bicyclic) bond motifs is 1. The van der Waals surface area contributed by atoms with Crippen molar-refractivity contribution in [2.75, 3.05) is 31.6 Å². The standard InChI is InChI=1S/C17H23N5O2/c1-12-9-22-16(18-12)5-4-15(20-22)19-14-6-7-21(10-14)17(23)13-3-2-8-24-11-13/h4-5,9,13-14H,2-3,6-8,10-11H2,1H3,(H,19,20). The summed E-state index contributed by atoms with van der Waals surface area (Å²) in [6, 6.07) is 4.15. The lowest BCUT2D eigenvalue weighted by Crippen LogP contribution is -2.39. The summed E-state index contributed by atoms with van der Waals surface area (Å²) in [5.74, 6) is 1.11. The Hall–Kier alpha value is -2.15. The molecule has 0 saturated carbocycles. The normalized spacial score (nSPS) is 24.5. The molecule has 2 atom stereocenters. The van der Waals surface area contributed by atoms with Crippen LogP contribution in [0.15, 0.2) is 18.3 Å². The zero-order chi connectivity index (χ0) is 16.5. The van der Waals surface area contributed by atoms with E-state index in [0.29, 0.717) is 6.61 Å². The van der Waals surface area contributed by atoms with Crippen LogP contribution in [0, 0.1) is 12.8 Å². The third-order valence-corrected chi connectivity index (χ3v) is 4.80. The Morgan fingerprint density at radius 1 is 1.38 bits per heavy atom. The van der Waals surface area contributed by atoms with Gasteiger partial charge in [-0.05, 0) is 38.3 Å². The molecule has 7 nitrogen and oxygen atoms in total. The molecule has 0 aliphatic carbocycles. The maximum absolute atomic E-state index is 12.6. The molecule has 2 aliphatic rings. The number of nitrogens with one attached hydrogen (secondary N) is 1. The number of hydrogen-bond acceptors (Lipinski definition) is 5. The third-order valence-electron chi connectivity index (χ3n) is 4.80. The molecule has 128 valence electrons. The van der Waals surface area contributed by atoms with Crippen LogP contribution in [-0.2, 0) is 9.53 Å². The van der Waals surface area contributed by atoms with Gasteiger partial charge in [0.05, 0.1) is 24.4 Å². The van der Waals surface area contributed by atoms with E-state index in [2.05, 4.69) is 15.4 Å². The van der Waals surface area contributed by atoms with Gasteiger partial charge in [-0.2, -0.15) is 0 Å². The van der Waals surface area contributed by atoms with Crippen molar-refractivity contribution in [2.45, 2.75) is 32.2 Å². The minimum atomic E-state index is 0.0425. The Bertz CT molecular complexity index is 738. The van der Waals surface area contributed by atoms with Crippen LogP contribution in [0.2, 0.25) is 0 Å². The first-order valence-electron chi connectivity index (χ1n) is 8.65. The molecule has 2 aliphatic heterocycles. The van der Waals surface area contributed by atoms with E-state index in [4.69, 9.17) is 4.74 Å². The molecule has 2 aromatic rings. The average Bonchev–Trinajstić information content (AvgIpc) is 3.20. The number of aromatic nitrogens is 3. The van der Waals surface area contributed by atoms with Gasteiger partial charge >= 0.3 is 0 Å². The number of nitrogens with zero attached hydrogens (tertiary/aromatic N) is 4. The van der Waals surface area contributed by atoms with Gasteiger partial charge in [-0.3, -0.25) is 4.79 Å². The van der Waals surface area contributed by atoms with Crippen molar-refractivity contribution in [1.82, 2.24) is 19.5 Å². The Labute approximate surface area is 141 Å². The minimum absolute atomic E-state index is 0.0425. The number of carbonyl (C=O) groups is 1. The fourth-order valence-electron chi connectivity index (χ4n) is 3.56. The molecule has 0 spiro atoms. The lowest BCUT2D eigenvalue weighted by molar-refractivity contribution is -0.138. The van der Waals surface area contributed by atoms with E-state index >= 15 is 0 Å². The van der Waals surface area contributed by atoms with Crippen molar-refractivity contribution in [3.63, 3.8) is 0 Å². The predicted octanol–water partition coefficient (Wildman–Crippen LogP) is 1.48. The van der Waals surface area contributed by atoms with Crippen molar-refractivity contribution >= 4 is 17.4 Å². The number of anilines is 1. The van der Waals surface area contributed by atoms with Gasteiger partial charge in [0.15, 0.2) is 5.65 Å². The van der Waals surface area contributed by atoms with E-state index in [1.54, 1.807) is 4.52 Å². The van der Waals surface area contributed by atoms with E-state index in [0.717, 1.165) is 56.1 Å². The number of rotatable bonds is 3. The lowest BCUT2D eigenvalue weighted by Gasteiger charge is -2.26. The van der Waals surface area contributed by atoms with Gasteiger partial charge in [-0.1, -0.05) is 0 Å². The molecule has 24 heavy (non-hydrogen) atoms. The van der Waals surface area contributed by atoms with E-state index in [1.165, 1.54) is 0 Å². The second-order valence-corrected chi connectivity index (χ2v) is 6.73. The number of ether oxygens (including phenoxy) is 1. The maximum atomic E-state index is 12.6. The molecule has 0 bridgehead atoms. The zero-order valence-corrected chi connectivity index (χ0v) is 13.9. The number of carbonyl (C=O) groups excluding carboxylic acids is 1. The molecule has 1 N–H and O–H groups in total. The van der Waals surface area contributed by atoms with Crippen LogP contribution < -0.4 is 5.32 Å². The highest BCUT2D eigenvalue weighted by atomic mass is 16.5. The molecule has 0 aromatic carbocycles. The van der Waals surface area contributed by atoms with Crippen LogP contribution in [-0.4, -0.2) is 57.8 Å². The molecule has 2 fully saturated rings. The van der Waals surface area contributed by atoms with E-state index in [1.807, 2.05) is 30.2 Å². The van der Waals surface area contributed by atoms with Gasteiger partial charge in [0.1, 0.15) is 5.82 Å². The summed E-state index contributed by atoms with van der Waals surface area (Å²) in [5, 5.41) is 7.98. The quantitative estimate of drug-likeness (QED) is 0.923. The third kappa shape index (κ3) is 3.08. The first-order valence-corrected chi connectivity index (χ1v) is 8.65. The fraction of sp³-hybridized carbons (Fsp3) is 0.588.